The summed E-state index contributed by atoms with van der Waals surface area (Å²) in [7, 11) is 1.66. The normalized spacial score (nSPS) is 18.0. The van der Waals surface area contributed by atoms with Crippen LogP contribution >= 0.6 is 0 Å². The topological polar surface area (TPSA) is 147 Å². The van der Waals surface area contributed by atoms with Gasteiger partial charge in [0.2, 0.25) is 0 Å². The first-order valence-electron chi connectivity index (χ1n) is 9.40. The van der Waals surface area contributed by atoms with Crippen LogP contribution in [-0.2, 0) is 0 Å². The maximum absolute atomic E-state index is 9.41. The zero-order valence-corrected chi connectivity index (χ0v) is 16.3. The van der Waals surface area contributed by atoms with Crippen molar-refractivity contribution in [3.05, 3.63) is 47.4 Å². The van der Waals surface area contributed by atoms with Gasteiger partial charge in [0.25, 0.3) is 0 Å². The van der Waals surface area contributed by atoms with E-state index in [-0.39, 0.29) is 24.3 Å². The third kappa shape index (κ3) is 4.64. The number of nitrogen functional groups attached to an aromatic ring is 1. The van der Waals surface area contributed by atoms with Gasteiger partial charge in [-0.15, -0.1) is 0 Å². The lowest BCUT2D eigenvalue weighted by Crippen LogP contribution is -2.52. The predicted molar refractivity (Wildman–Crippen MR) is 116 cm³/mol. The Kier molecular flexibility index (Phi) is 6.63. The molecular formula is C20H26N8O. The zero-order valence-electron chi connectivity index (χ0n) is 16.3. The van der Waals surface area contributed by atoms with Gasteiger partial charge in [-0.2, -0.15) is 0 Å². The molecule has 2 heterocycles. The molecule has 152 valence electrons. The smallest absolute Gasteiger partial charge is 0.132 e. The highest BCUT2D eigenvalue weighted by molar-refractivity contribution is 6.13. The average molecular weight is 394 g/mol. The van der Waals surface area contributed by atoms with Gasteiger partial charge < -0.3 is 26.5 Å². The Morgan fingerprint density at radius 3 is 3.00 bits per heavy atom. The Balaban J connectivity index is 1.90. The first kappa shape index (κ1) is 20.6. The van der Waals surface area contributed by atoms with Crippen molar-refractivity contribution in [1.29, 1.82) is 10.8 Å². The third-order valence-electron chi connectivity index (χ3n) is 4.93. The monoisotopic (exact) mass is 394 g/mol. The minimum Gasteiger partial charge on any atom is -0.398 e. The van der Waals surface area contributed by atoms with Crippen LogP contribution in [0.2, 0.25) is 0 Å². The highest BCUT2D eigenvalue weighted by Crippen LogP contribution is 2.23. The number of hydrogen-bond acceptors (Lipinski definition) is 9. The number of hydrogen-bond donors (Lipinski definition) is 5. The molecule has 2 unspecified atom stereocenters. The zero-order chi connectivity index (χ0) is 20.8. The van der Waals surface area contributed by atoms with Crippen molar-refractivity contribution >= 4 is 29.6 Å². The van der Waals surface area contributed by atoms with Crippen LogP contribution in [-0.4, -0.2) is 72.5 Å². The van der Waals surface area contributed by atoms with E-state index in [2.05, 4.69) is 25.2 Å². The second kappa shape index (κ2) is 9.35. The lowest BCUT2D eigenvalue weighted by atomic mass is 9.95. The molecule has 3 rings (SSSR count). The molecule has 29 heavy (non-hydrogen) atoms. The molecule has 0 radical (unpaired) electrons. The summed E-state index contributed by atoms with van der Waals surface area (Å²) in [6.45, 7) is 2.20. The molecule has 1 aliphatic rings. The maximum atomic E-state index is 9.41. The lowest BCUT2D eigenvalue weighted by molar-refractivity contribution is 0.235. The van der Waals surface area contributed by atoms with Crippen molar-refractivity contribution in [2.75, 3.05) is 43.9 Å². The van der Waals surface area contributed by atoms with Crippen LogP contribution in [0, 0.1) is 10.8 Å². The number of rotatable bonds is 7. The van der Waals surface area contributed by atoms with Crippen molar-refractivity contribution in [2.24, 2.45) is 4.99 Å². The minimum atomic E-state index is -0.274. The van der Waals surface area contributed by atoms with Gasteiger partial charge in [-0.05, 0) is 17.7 Å². The van der Waals surface area contributed by atoms with E-state index in [0.29, 0.717) is 29.3 Å². The predicted octanol–water partition coefficient (Wildman–Crippen LogP) is 0.679. The van der Waals surface area contributed by atoms with Crippen LogP contribution in [0.1, 0.15) is 22.7 Å². The van der Waals surface area contributed by atoms with Crippen LogP contribution in [0.25, 0.3) is 0 Å². The first-order valence-corrected chi connectivity index (χ1v) is 9.40. The van der Waals surface area contributed by atoms with E-state index in [1.165, 1.54) is 12.5 Å². The van der Waals surface area contributed by atoms with E-state index in [4.69, 9.17) is 16.6 Å². The van der Waals surface area contributed by atoms with E-state index in [9.17, 15) is 5.11 Å². The molecule has 1 saturated heterocycles. The van der Waals surface area contributed by atoms with Crippen molar-refractivity contribution in [2.45, 2.75) is 12.0 Å². The fraction of sp³-hybridized carbons (Fsp3) is 0.350. The number of aliphatic imine (C=N–C) groups is 1. The Hall–Kier alpha value is -3.17. The molecule has 9 nitrogen and oxygen atoms in total. The highest BCUT2D eigenvalue weighted by Gasteiger charge is 2.21. The van der Waals surface area contributed by atoms with Gasteiger partial charge in [0.05, 0.1) is 23.9 Å². The standard InChI is InChI=1S/C20H26N8O/c1-24-9-14(8-21)13-2-3-17(22)16(6-13)20(23)18-7-19(27-12-26-18)28-5-4-25-15(10-28)11-29/h2-3,6-9,12,14-15,21,23,25,29H,4-5,10-11,22H2,1H3. The Labute approximate surface area is 169 Å². The van der Waals surface area contributed by atoms with Gasteiger partial charge in [0.1, 0.15) is 12.1 Å². The number of aliphatic hydroxyl groups excluding tert-OH is 1. The number of aromatic nitrogens is 2. The Morgan fingerprint density at radius 1 is 1.45 bits per heavy atom. The molecule has 0 saturated carbocycles. The van der Waals surface area contributed by atoms with Crippen LogP contribution < -0.4 is 16.0 Å². The quantitative estimate of drug-likeness (QED) is 0.345. The molecule has 6 N–H and O–H groups in total. The van der Waals surface area contributed by atoms with Crippen LogP contribution in [0.4, 0.5) is 11.5 Å². The molecule has 0 aliphatic carbocycles. The van der Waals surface area contributed by atoms with Gasteiger partial charge in [0, 0.05) is 62.5 Å². The van der Waals surface area contributed by atoms with Crippen molar-refractivity contribution in [3.8, 4) is 0 Å². The molecule has 1 aromatic carbocycles. The summed E-state index contributed by atoms with van der Waals surface area (Å²) >= 11 is 0. The third-order valence-corrected chi connectivity index (χ3v) is 4.93. The van der Waals surface area contributed by atoms with E-state index in [0.717, 1.165) is 18.7 Å². The van der Waals surface area contributed by atoms with E-state index < -0.39 is 0 Å². The summed E-state index contributed by atoms with van der Waals surface area (Å²) in [6, 6.07) is 7.15. The molecule has 2 aromatic rings. The van der Waals surface area contributed by atoms with E-state index >= 15 is 0 Å². The van der Waals surface area contributed by atoms with Crippen LogP contribution in [0.3, 0.4) is 0 Å². The number of nitrogens with one attached hydrogen (secondary N) is 3. The summed E-state index contributed by atoms with van der Waals surface area (Å²) in [6.07, 6.45) is 4.42. The molecular weight excluding hydrogens is 368 g/mol. The van der Waals surface area contributed by atoms with Gasteiger partial charge in [0.15, 0.2) is 0 Å². The molecule has 0 bridgehead atoms. The minimum absolute atomic E-state index is 0.00720. The summed E-state index contributed by atoms with van der Waals surface area (Å²) in [5.41, 5.74) is 8.66. The SMILES string of the molecule is CN=CC(C=N)c1ccc(N)c(C(=N)c2cc(N3CCNC(CO)C3)ncn2)c1. The molecule has 1 aliphatic heterocycles. The largest absolute Gasteiger partial charge is 0.398 e. The molecule has 1 aromatic heterocycles. The van der Waals surface area contributed by atoms with Gasteiger partial charge in [-0.25, -0.2) is 9.97 Å². The average Bonchev–Trinajstić information content (AvgIpc) is 2.77. The van der Waals surface area contributed by atoms with E-state index in [1.807, 2.05) is 12.1 Å². The van der Waals surface area contributed by atoms with Crippen LogP contribution in [0.5, 0.6) is 0 Å². The molecule has 2 atom stereocenters. The van der Waals surface area contributed by atoms with Gasteiger partial charge >= 0.3 is 0 Å². The molecule has 9 heteroatoms. The van der Waals surface area contributed by atoms with E-state index in [1.54, 1.807) is 25.4 Å². The second-order valence-electron chi connectivity index (χ2n) is 6.86. The number of aliphatic hydroxyl groups is 1. The number of nitrogens with zero attached hydrogens (tertiary/aromatic N) is 4. The lowest BCUT2D eigenvalue weighted by Gasteiger charge is -2.33. The molecule has 0 amide bonds. The van der Waals surface area contributed by atoms with Crippen molar-refractivity contribution < 1.29 is 5.11 Å². The van der Waals surface area contributed by atoms with Crippen molar-refractivity contribution in [1.82, 2.24) is 15.3 Å². The summed E-state index contributed by atoms with van der Waals surface area (Å²) in [4.78, 5) is 14.7. The summed E-state index contributed by atoms with van der Waals surface area (Å²) < 4.78 is 0. The van der Waals surface area contributed by atoms with Crippen molar-refractivity contribution in [3.63, 3.8) is 0 Å². The number of benzene rings is 1. The fourth-order valence-electron chi connectivity index (χ4n) is 3.33. The number of anilines is 2. The summed E-state index contributed by atoms with van der Waals surface area (Å²) in [5.74, 6) is 0.439. The fourth-order valence-corrected chi connectivity index (χ4v) is 3.33. The maximum Gasteiger partial charge on any atom is 0.132 e. The van der Waals surface area contributed by atoms with Gasteiger partial charge in [-0.3, -0.25) is 10.4 Å². The van der Waals surface area contributed by atoms with Gasteiger partial charge in [-0.1, -0.05) is 6.07 Å². The number of nitrogens with two attached hydrogens (primary N) is 1. The first-order chi connectivity index (χ1) is 14.1. The summed E-state index contributed by atoms with van der Waals surface area (Å²) in [5, 5.41) is 28.9. The Bertz CT molecular complexity index is 913. The highest BCUT2D eigenvalue weighted by atomic mass is 16.3. The molecule has 1 fully saturated rings. The van der Waals surface area contributed by atoms with Crippen LogP contribution in [0.15, 0.2) is 35.6 Å². The second-order valence-corrected chi connectivity index (χ2v) is 6.86. The number of piperazine rings is 1. The Morgan fingerprint density at radius 2 is 2.28 bits per heavy atom. The molecule has 0 spiro atoms.